The first-order valence-corrected chi connectivity index (χ1v) is 7.64. The highest BCUT2D eigenvalue weighted by Gasteiger charge is 2.23. The van der Waals surface area contributed by atoms with Crippen LogP contribution in [0.25, 0.3) is 0 Å². The van der Waals surface area contributed by atoms with Crippen LogP contribution in [0.4, 0.5) is 0 Å². The molecule has 2 aliphatic carbocycles. The Labute approximate surface area is 106 Å². The number of nitrogens with zero attached hydrogens (tertiary/aromatic N) is 1. The van der Waals surface area contributed by atoms with E-state index in [-0.39, 0.29) is 6.10 Å². The fourth-order valence-electron chi connectivity index (χ4n) is 3.71. The Morgan fingerprint density at radius 1 is 0.941 bits per heavy atom. The SMILES string of the molecule is CC(O)CN(CC1CCCC1)CC1CCCC1. The summed E-state index contributed by atoms with van der Waals surface area (Å²) in [4.78, 5) is 2.55. The van der Waals surface area contributed by atoms with Crippen LogP contribution in [-0.2, 0) is 0 Å². The second kappa shape index (κ2) is 6.75. The predicted molar refractivity (Wildman–Crippen MR) is 72.0 cm³/mol. The first-order valence-electron chi connectivity index (χ1n) is 7.64. The van der Waals surface area contributed by atoms with E-state index >= 15 is 0 Å². The lowest BCUT2D eigenvalue weighted by Crippen LogP contribution is -2.37. The third-order valence-electron chi connectivity index (χ3n) is 4.50. The Kier molecular flexibility index (Phi) is 5.30. The van der Waals surface area contributed by atoms with Gasteiger partial charge in [0.2, 0.25) is 0 Å². The van der Waals surface area contributed by atoms with Gasteiger partial charge in [0.05, 0.1) is 6.10 Å². The zero-order chi connectivity index (χ0) is 12.1. The molecule has 0 saturated heterocycles. The van der Waals surface area contributed by atoms with Crippen LogP contribution in [-0.4, -0.2) is 35.7 Å². The number of hydrogen-bond donors (Lipinski definition) is 1. The smallest absolute Gasteiger partial charge is 0.0639 e. The first kappa shape index (κ1) is 13.4. The van der Waals surface area contributed by atoms with Crippen molar-refractivity contribution >= 4 is 0 Å². The van der Waals surface area contributed by atoms with Gasteiger partial charge in [-0.15, -0.1) is 0 Å². The summed E-state index contributed by atoms with van der Waals surface area (Å²) < 4.78 is 0. The van der Waals surface area contributed by atoms with Crippen molar-refractivity contribution < 1.29 is 5.11 Å². The lowest BCUT2D eigenvalue weighted by molar-refractivity contribution is 0.104. The van der Waals surface area contributed by atoms with Gasteiger partial charge in [-0.3, -0.25) is 0 Å². The van der Waals surface area contributed by atoms with E-state index in [1.54, 1.807) is 0 Å². The van der Waals surface area contributed by atoms with Crippen molar-refractivity contribution in [2.75, 3.05) is 19.6 Å². The summed E-state index contributed by atoms with van der Waals surface area (Å²) in [7, 11) is 0. The number of hydrogen-bond acceptors (Lipinski definition) is 2. The van der Waals surface area contributed by atoms with Gasteiger partial charge in [-0.05, 0) is 44.4 Å². The lowest BCUT2D eigenvalue weighted by atomic mass is 10.0. The van der Waals surface area contributed by atoms with Crippen LogP contribution in [0.5, 0.6) is 0 Å². The molecule has 0 radical (unpaired) electrons. The van der Waals surface area contributed by atoms with Gasteiger partial charge in [0.1, 0.15) is 0 Å². The normalized spacial score (nSPS) is 24.9. The maximum absolute atomic E-state index is 9.63. The van der Waals surface area contributed by atoms with Crippen LogP contribution in [0.3, 0.4) is 0 Å². The molecule has 2 fully saturated rings. The van der Waals surface area contributed by atoms with Crippen LogP contribution in [0, 0.1) is 11.8 Å². The van der Waals surface area contributed by atoms with E-state index in [9.17, 15) is 5.11 Å². The zero-order valence-electron chi connectivity index (χ0n) is 11.4. The highest BCUT2D eigenvalue weighted by Crippen LogP contribution is 2.28. The molecule has 1 unspecified atom stereocenters. The van der Waals surface area contributed by atoms with Crippen molar-refractivity contribution in [2.24, 2.45) is 11.8 Å². The van der Waals surface area contributed by atoms with E-state index in [1.165, 1.54) is 64.5 Å². The minimum Gasteiger partial charge on any atom is -0.392 e. The summed E-state index contributed by atoms with van der Waals surface area (Å²) in [5.74, 6) is 1.82. The molecule has 0 bridgehead atoms. The lowest BCUT2D eigenvalue weighted by Gasteiger charge is -2.29. The van der Waals surface area contributed by atoms with Gasteiger partial charge in [-0.25, -0.2) is 0 Å². The molecular weight excluding hydrogens is 210 g/mol. The molecule has 100 valence electrons. The summed E-state index contributed by atoms with van der Waals surface area (Å²) >= 11 is 0. The van der Waals surface area contributed by atoms with Gasteiger partial charge >= 0.3 is 0 Å². The molecule has 2 nitrogen and oxygen atoms in total. The Bertz CT molecular complexity index is 187. The van der Waals surface area contributed by atoms with Crippen molar-refractivity contribution in [1.82, 2.24) is 4.90 Å². The molecule has 0 aromatic heterocycles. The maximum Gasteiger partial charge on any atom is 0.0639 e. The minimum atomic E-state index is -0.169. The number of aliphatic hydroxyl groups excluding tert-OH is 1. The number of aliphatic hydroxyl groups is 1. The molecule has 1 N–H and O–H groups in total. The van der Waals surface area contributed by atoms with E-state index in [2.05, 4.69) is 4.90 Å². The molecule has 0 amide bonds. The molecule has 1 atom stereocenters. The van der Waals surface area contributed by atoms with E-state index in [0.29, 0.717) is 0 Å². The second-order valence-corrected chi connectivity index (χ2v) is 6.37. The third-order valence-corrected chi connectivity index (χ3v) is 4.50. The predicted octanol–water partition coefficient (Wildman–Crippen LogP) is 3.05. The summed E-state index contributed by atoms with van der Waals surface area (Å²) in [5.41, 5.74) is 0. The van der Waals surface area contributed by atoms with E-state index in [0.717, 1.165) is 18.4 Å². The maximum atomic E-state index is 9.63. The van der Waals surface area contributed by atoms with Crippen LogP contribution >= 0.6 is 0 Å². The van der Waals surface area contributed by atoms with Crippen molar-refractivity contribution in [3.8, 4) is 0 Å². The van der Waals surface area contributed by atoms with E-state index < -0.39 is 0 Å². The average molecular weight is 239 g/mol. The van der Waals surface area contributed by atoms with Crippen molar-refractivity contribution in [2.45, 2.75) is 64.4 Å². The Morgan fingerprint density at radius 2 is 1.35 bits per heavy atom. The largest absolute Gasteiger partial charge is 0.392 e. The molecule has 0 aliphatic heterocycles. The van der Waals surface area contributed by atoms with Gasteiger partial charge in [0.15, 0.2) is 0 Å². The molecule has 17 heavy (non-hydrogen) atoms. The highest BCUT2D eigenvalue weighted by atomic mass is 16.3. The standard InChI is InChI=1S/C15H29NO/c1-13(17)10-16(11-14-6-2-3-7-14)12-15-8-4-5-9-15/h13-15,17H,2-12H2,1H3. The van der Waals surface area contributed by atoms with Gasteiger partial charge in [-0.1, -0.05) is 25.7 Å². The summed E-state index contributed by atoms with van der Waals surface area (Å²) in [6.07, 6.45) is 11.2. The molecule has 0 heterocycles. The summed E-state index contributed by atoms with van der Waals surface area (Å²) in [6.45, 7) is 5.28. The number of rotatable bonds is 6. The van der Waals surface area contributed by atoms with Crippen LogP contribution in [0.2, 0.25) is 0 Å². The zero-order valence-corrected chi connectivity index (χ0v) is 11.4. The molecule has 0 aromatic rings. The summed E-state index contributed by atoms with van der Waals surface area (Å²) in [6, 6.07) is 0. The first-order chi connectivity index (χ1) is 8.24. The fourth-order valence-corrected chi connectivity index (χ4v) is 3.71. The van der Waals surface area contributed by atoms with E-state index in [4.69, 9.17) is 0 Å². The second-order valence-electron chi connectivity index (χ2n) is 6.37. The van der Waals surface area contributed by atoms with Crippen LogP contribution in [0.15, 0.2) is 0 Å². The Balaban J connectivity index is 1.78. The van der Waals surface area contributed by atoms with E-state index in [1.807, 2.05) is 6.92 Å². The van der Waals surface area contributed by atoms with Crippen LogP contribution in [0.1, 0.15) is 58.3 Å². The van der Waals surface area contributed by atoms with Crippen LogP contribution < -0.4 is 0 Å². The fraction of sp³-hybridized carbons (Fsp3) is 1.00. The van der Waals surface area contributed by atoms with Gasteiger partial charge in [0, 0.05) is 19.6 Å². The Morgan fingerprint density at radius 3 is 1.71 bits per heavy atom. The molecule has 2 saturated carbocycles. The molecular formula is C15H29NO. The van der Waals surface area contributed by atoms with Crippen molar-refractivity contribution in [1.29, 1.82) is 0 Å². The third kappa shape index (κ3) is 4.59. The molecule has 2 rings (SSSR count). The molecule has 2 aliphatic rings. The van der Waals surface area contributed by atoms with Gasteiger partial charge in [-0.2, -0.15) is 0 Å². The topological polar surface area (TPSA) is 23.5 Å². The van der Waals surface area contributed by atoms with Crippen molar-refractivity contribution in [3.63, 3.8) is 0 Å². The quantitative estimate of drug-likeness (QED) is 0.770. The average Bonchev–Trinajstić information content (AvgIpc) is 2.89. The highest BCUT2D eigenvalue weighted by molar-refractivity contribution is 4.77. The monoisotopic (exact) mass is 239 g/mol. The summed E-state index contributed by atoms with van der Waals surface area (Å²) in [5, 5.41) is 9.63. The van der Waals surface area contributed by atoms with Crippen molar-refractivity contribution in [3.05, 3.63) is 0 Å². The Hall–Kier alpha value is -0.0800. The van der Waals surface area contributed by atoms with Gasteiger partial charge in [0.25, 0.3) is 0 Å². The molecule has 0 aromatic carbocycles. The molecule has 2 heteroatoms. The minimum absolute atomic E-state index is 0.169. The molecule has 0 spiro atoms. The van der Waals surface area contributed by atoms with Gasteiger partial charge < -0.3 is 10.0 Å².